The van der Waals surface area contributed by atoms with Crippen molar-refractivity contribution in [3.8, 4) is 0 Å². The first-order valence-corrected chi connectivity index (χ1v) is 8.13. The van der Waals surface area contributed by atoms with Crippen LogP contribution in [-0.4, -0.2) is 22.3 Å². The highest BCUT2D eigenvalue weighted by Crippen LogP contribution is 2.13. The van der Waals surface area contributed by atoms with E-state index in [0.29, 0.717) is 23.8 Å². The molecule has 3 nitrogen and oxygen atoms in total. The average Bonchev–Trinajstić information content (AvgIpc) is 2.56. The summed E-state index contributed by atoms with van der Waals surface area (Å²) >= 11 is 5.77. The molecule has 1 aromatic carbocycles. The van der Waals surface area contributed by atoms with Crippen LogP contribution in [0.3, 0.4) is 0 Å². The summed E-state index contributed by atoms with van der Waals surface area (Å²) in [5.41, 5.74) is 1.41. The Hall–Kier alpha value is -1.94. The summed E-state index contributed by atoms with van der Waals surface area (Å²) in [6.07, 6.45) is 4.57. The van der Waals surface area contributed by atoms with Crippen molar-refractivity contribution in [1.82, 2.24) is 9.88 Å². The van der Waals surface area contributed by atoms with E-state index in [1.165, 1.54) is 18.3 Å². The molecule has 0 unspecified atom stereocenters. The minimum Gasteiger partial charge on any atom is -0.334 e. The summed E-state index contributed by atoms with van der Waals surface area (Å²) in [6.45, 7) is 3.23. The molecule has 1 aromatic heterocycles. The van der Waals surface area contributed by atoms with Crippen LogP contribution in [0.5, 0.6) is 0 Å². The number of pyridine rings is 1. The number of benzene rings is 1. The second-order valence-electron chi connectivity index (χ2n) is 5.43. The third-order valence-corrected chi connectivity index (χ3v) is 3.80. The summed E-state index contributed by atoms with van der Waals surface area (Å²) in [5.74, 6) is -0.367. The molecule has 0 fully saturated rings. The van der Waals surface area contributed by atoms with Gasteiger partial charge in [-0.15, -0.1) is 0 Å². The molecular formula is C18H20ClFN2O. The van der Waals surface area contributed by atoms with Gasteiger partial charge in [-0.1, -0.05) is 43.5 Å². The van der Waals surface area contributed by atoms with Crippen LogP contribution in [0, 0.1) is 5.82 Å². The monoisotopic (exact) mass is 334 g/mol. The van der Waals surface area contributed by atoms with Crippen LogP contribution in [0.15, 0.2) is 42.6 Å². The van der Waals surface area contributed by atoms with Gasteiger partial charge >= 0.3 is 0 Å². The van der Waals surface area contributed by atoms with E-state index in [2.05, 4.69) is 11.9 Å². The molecule has 5 heteroatoms. The zero-order chi connectivity index (χ0) is 16.7. The Balaban J connectivity index is 2.13. The lowest BCUT2D eigenvalue weighted by Gasteiger charge is -2.23. The molecular weight excluding hydrogens is 315 g/mol. The molecule has 0 radical (unpaired) electrons. The Labute approximate surface area is 141 Å². The molecule has 0 saturated heterocycles. The van der Waals surface area contributed by atoms with E-state index in [-0.39, 0.29) is 11.7 Å². The van der Waals surface area contributed by atoms with E-state index >= 15 is 0 Å². The Morgan fingerprint density at radius 2 is 1.91 bits per heavy atom. The number of rotatable bonds is 7. The van der Waals surface area contributed by atoms with Gasteiger partial charge in [0.05, 0.1) is 5.56 Å². The number of nitrogens with zero attached hydrogens (tertiary/aromatic N) is 2. The van der Waals surface area contributed by atoms with E-state index in [9.17, 15) is 9.18 Å². The SMILES string of the molecule is CCCCCN(Cc1ccc(F)cc1)C(=O)c1ccc(Cl)nc1. The van der Waals surface area contributed by atoms with Gasteiger partial charge in [-0.3, -0.25) is 4.79 Å². The first-order chi connectivity index (χ1) is 11.1. The number of hydrogen-bond acceptors (Lipinski definition) is 2. The molecule has 2 aromatic rings. The van der Waals surface area contributed by atoms with E-state index < -0.39 is 0 Å². The number of carbonyl (C=O) groups is 1. The number of aromatic nitrogens is 1. The van der Waals surface area contributed by atoms with Crippen molar-refractivity contribution in [3.63, 3.8) is 0 Å². The molecule has 0 aliphatic heterocycles. The Bertz CT molecular complexity index is 628. The largest absolute Gasteiger partial charge is 0.334 e. The third-order valence-electron chi connectivity index (χ3n) is 3.58. The van der Waals surface area contributed by atoms with Crippen molar-refractivity contribution in [2.45, 2.75) is 32.7 Å². The number of carbonyl (C=O) groups excluding carboxylic acids is 1. The zero-order valence-corrected chi connectivity index (χ0v) is 13.9. The van der Waals surface area contributed by atoms with Crippen LogP contribution in [0.25, 0.3) is 0 Å². The quantitative estimate of drug-likeness (QED) is 0.543. The maximum absolute atomic E-state index is 13.0. The van der Waals surface area contributed by atoms with Gasteiger partial charge in [-0.25, -0.2) is 9.37 Å². The Kier molecular flexibility index (Phi) is 6.53. The molecule has 0 atom stereocenters. The van der Waals surface area contributed by atoms with Crippen LogP contribution in [0.2, 0.25) is 5.15 Å². The Morgan fingerprint density at radius 3 is 2.52 bits per heavy atom. The zero-order valence-electron chi connectivity index (χ0n) is 13.1. The maximum Gasteiger partial charge on any atom is 0.255 e. The van der Waals surface area contributed by atoms with Crippen molar-refractivity contribution >= 4 is 17.5 Å². The van der Waals surface area contributed by atoms with Gasteiger partial charge in [-0.2, -0.15) is 0 Å². The molecule has 0 bridgehead atoms. The summed E-state index contributed by atoms with van der Waals surface area (Å²) in [5, 5.41) is 0.359. The average molecular weight is 335 g/mol. The van der Waals surface area contributed by atoms with Crippen molar-refractivity contribution in [2.24, 2.45) is 0 Å². The fourth-order valence-electron chi connectivity index (χ4n) is 2.30. The minimum atomic E-state index is -0.278. The molecule has 0 aliphatic carbocycles. The number of unbranched alkanes of at least 4 members (excludes halogenated alkanes) is 2. The van der Waals surface area contributed by atoms with E-state index in [1.807, 2.05) is 0 Å². The van der Waals surface area contributed by atoms with Crippen LogP contribution >= 0.6 is 11.6 Å². The summed E-state index contributed by atoms with van der Waals surface area (Å²) in [7, 11) is 0. The number of halogens is 2. The second-order valence-corrected chi connectivity index (χ2v) is 5.82. The molecule has 0 spiro atoms. The summed E-state index contributed by atoms with van der Waals surface area (Å²) < 4.78 is 13.0. The first kappa shape index (κ1) is 17.4. The predicted molar refractivity (Wildman–Crippen MR) is 89.9 cm³/mol. The van der Waals surface area contributed by atoms with Gasteiger partial charge in [0, 0.05) is 19.3 Å². The number of amides is 1. The lowest BCUT2D eigenvalue weighted by Crippen LogP contribution is -2.31. The molecule has 1 amide bonds. The van der Waals surface area contributed by atoms with Gasteiger partial charge in [0.1, 0.15) is 11.0 Å². The highest BCUT2D eigenvalue weighted by Gasteiger charge is 2.16. The standard InChI is InChI=1S/C18H20ClFN2O/c1-2-3-4-11-22(13-14-5-8-16(20)9-6-14)18(23)15-7-10-17(19)21-12-15/h5-10,12H,2-4,11,13H2,1H3. The molecule has 0 N–H and O–H groups in total. The third kappa shape index (κ3) is 5.32. The predicted octanol–water partition coefficient (Wildman–Crippen LogP) is 4.71. The smallest absolute Gasteiger partial charge is 0.255 e. The van der Waals surface area contributed by atoms with Crippen LogP contribution in [-0.2, 0) is 6.54 Å². The summed E-state index contributed by atoms with van der Waals surface area (Å²) in [6, 6.07) is 9.51. The van der Waals surface area contributed by atoms with Crippen molar-refractivity contribution in [3.05, 3.63) is 64.7 Å². The second kappa shape index (κ2) is 8.63. The van der Waals surface area contributed by atoms with E-state index in [4.69, 9.17) is 11.6 Å². The van der Waals surface area contributed by atoms with Crippen LogP contribution in [0.1, 0.15) is 42.1 Å². The van der Waals surface area contributed by atoms with Gasteiger partial charge in [0.15, 0.2) is 0 Å². The van der Waals surface area contributed by atoms with Crippen molar-refractivity contribution in [1.29, 1.82) is 0 Å². The van der Waals surface area contributed by atoms with E-state index in [1.54, 1.807) is 29.2 Å². The van der Waals surface area contributed by atoms with Gasteiger partial charge in [0.2, 0.25) is 0 Å². The highest BCUT2D eigenvalue weighted by molar-refractivity contribution is 6.29. The molecule has 2 rings (SSSR count). The molecule has 1 heterocycles. The molecule has 0 saturated carbocycles. The fraction of sp³-hybridized carbons (Fsp3) is 0.333. The number of hydrogen-bond donors (Lipinski definition) is 0. The van der Waals surface area contributed by atoms with Gasteiger partial charge in [0.25, 0.3) is 5.91 Å². The van der Waals surface area contributed by atoms with Crippen LogP contribution < -0.4 is 0 Å². The van der Waals surface area contributed by atoms with Gasteiger partial charge in [-0.05, 0) is 36.2 Å². The lowest BCUT2D eigenvalue weighted by atomic mass is 10.1. The molecule has 0 aliphatic rings. The van der Waals surface area contributed by atoms with Crippen LogP contribution in [0.4, 0.5) is 4.39 Å². The maximum atomic E-state index is 13.0. The Morgan fingerprint density at radius 1 is 1.17 bits per heavy atom. The summed E-state index contributed by atoms with van der Waals surface area (Å²) in [4.78, 5) is 18.4. The normalized spacial score (nSPS) is 10.6. The van der Waals surface area contributed by atoms with E-state index in [0.717, 1.165) is 24.8 Å². The lowest BCUT2D eigenvalue weighted by molar-refractivity contribution is 0.0739. The van der Waals surface area contributed by atoms with Gasteiger partial charge < -0.3 is 4.90 Å². The topological polar surface area (TPSA) is 33.2 Å². The first-order valence-electron chi connectivity index (χ1n) is 7.75. The molecule has 23 heavy (non-hydrogen) atoms. The highest BCUT2D eigenvalue weighted by atomic mass is 35.5. The fourth-order valence-corrected chi connectivity index (χ4v) is 2.41. The molecule has 122 valence electrons. The minimum absolute atomic E-state index is 0.0883. The van der Waals surface area contributed by atoms with Crippen molar-refractivity contribution < 1.29 is 9.18 Å². The van der Waals surface area contributed by atoms with Crippen molar-refractivity contribution in [2.75, 3.05) is 6.54 Å².